The number of carbonyl (C=O) groups excluding carboxylic acids is 2. The van der Waals surface area contributed by atoms with Crippen molar-refractivity contribution in [1.29, 1.82) is 0 Å². The zero-order chi connectivity index (χ0) is 21.6. The van der Waals surface area contributed by atoms with Crippen molar-refractivity contribution in [1.82, 2.24) is 9.62 Å². The van der Waals surface area contributed by atoms with E-state index in [4.69, 9.17) is 9.47 Å². The molecule has 1 aromatic rings. The van der Waals surface area contributed by atoms with Crippen LogP contribution >= 0.6 is 0 Å². The van der Waals surface area contributed by atoms with Gasteiger partial charge in [-0.25, -0.2) is 17.5 Å². The molecule has 0 bridgehead atoms. The third-order valence-electron chi connectivity index (χ3n) is 4.36. The number of carbonyl (C=O) groups is 2. The number of sulfonamides is 1. The molecule has 0 aliphatic carbocycles. The lowest BCUT2D eigenvalue weighted by atomic mass is 10.1. The van der Waals surface area contributed by atoms with Crippen LogP contribution in [0.2, 0.25) is 0 Å². The first-order chi connectivity index (χ1) is 13.6. The highest BCUT2D eigenvalue weighted by atomic mass is 32.2. The van der Waals surface area contributed by atoms with Crippen molar-refractivity contribution >= 4 is 27.6 Å². The fourth-order valence-corrected chi connectivity index (χ4v) is 3.64. The summed E-state index contributed by atoms with van der Waals surface area (Å²) in [5.74, 6) is -0.880. The summed E-state index contributed by atoms with van der Waals surface area (Å²) in [4.78, 5) is 26.5. The van der Waals surface area contributed by atoms with E-state index in [1.165, 1.54) is 26.2 Å². The monoisotopic (exact) mass is 427 g/mol. The zero-order valence-electron chi connectivity index (χ0n) is 17.3. The molecule has 1 saturated heterocycles. The van der Waals surface area contributed by atoms with Gasteiger partial charge in [0.1, 0.15) is 0 Å². The topological polar surface area (TPSA) is 105 Å². The van der Waals surface area contributed by atoms with Gasteiger partial charge in [-0.2, -0.15) is 0 Å². The summed E-state index contributed by atoms with van der Waals surface area (Å²) in [6.45, 7) is 6.09. The van der Waals surface area contributed by atoms with E-state index in [0.717, 1.165) is 4.31 Å². The summed E-state index contributed by atoms with van der Waals surface area (Å²) in [7, 11) is -0.889. The molecule has 29 heavy (non-hydrogen) atoms. The molecule has 1 amide bonds. The van der Waals surface area contributed by atoms with Crippen LogP contribution in [0.25, 0.3) is 0 Å². The SMILES string of the molecule is CC(C)CNC(=O)COC(=O)c1cc(S(=O)(=O)N(C)C)ccc1N1CCOCC1. The molecule has 1 aliphatic rings. The fraction of sp³-hybridized carbons (Fsp3) is 0.579. The number of benzene rings is 1. The van der Waals surface area contributed by atoms with Gasteiger partial charge >= 0.3 is 5.97 Å². The van der Waals surface area contributed by atoms with E-state index >= 15 is 0 Å². The van der Waals surface area contributed by atoms with E-state index in [0.29, 0.717) is 38.5 Å². The van der Waals surface area contributed by atoms with E-state index in [-0.39, 0.29) is 16.4 Å². The molecule has 0 saturated carbocycles. The summed E-state index contributed by atoms with van der Waals surface area (Å²) in [6.07, 6.45) is 0. The molecule has 10 heteroatoms. The lowest BCUT2D eigenvalue weighted by molar-refractivity contribution is -0.124. The van der Waals surface area contributed by atoms with Crippen molar-refractivity contribution in [2.24, 2.45) is 5.92 Å². The standard InChI is InChI=1S/C19H29N3O6S/c1-14(2)12-20-18(23)13-28-19(24)16-11-15(29(25,26)21(3)4)5-6-17(16)22-7-9-27-10-8-22/h5-6,11,14H,7-10,12-13H2,1-4H3,(H,20,23). The molecule has 1 fully saturated rings. The molecular weight excluding hydrogens is 398 g/mol. The summed E-state index contributed by atoms with van der Waals surface area (Å²) in [5, 5.41) is 2.67. The fourth-order valence-electron chi connectivity index (χ4n) is 2.71. The first kappa shape index (κ1) is 23.1. The van der Waals surface area contributed by atoms with Crippen molar-refractivity contribution in [2.75, 3.05) is 58.5 Å². The van der Waals surface area contributed by atoms with E-state index in [2.05, 4.69) is 5.32 Å². The Morgan fingerprint density at radius 2 is 1.90 bits per heavy atom. The predicted octanol–water partition coefficient (Wildman–Crippen LogP) is 0.703. The van der Waals surface area contributed by atoms with Gasteiger partial charge in [0, 0.05) is 33.7 Å². The Labute approximate surface area is 172 Å². The van der Waals surface area contributed by atoms with Crippen molar-refractivity contribution < 1.29 is 27.5 Å². The van der Waals surface area contributed by atoms with Crippen molar-refractivity contribution in [3.05, 3.63) is 23.8 Å². The minimum absolute atomic E-state index is 0.0179. The molecule has 0 unspecified atom stereocenters. The van der Waals surface area contributed by atoms with Crippen LogP contribution in [0.5, 0.6) is 0 Å². The molecule has 162 valence electrons. The first-order valence-corrected chi connectivity index (χ1v) is 10.9. The maximum absolute atomic E-state index is 12.7. The molecule has 0 aromatic heterocycles. The van der Waals surface area contributed by atoms with Crippen LogP contribution in [-0.2, 0) is 24.3 Å². The van der Waals surface area contributed by atoms with Crippen LogP contribution in [0.3, 0.4) is 0 Å². The maximum atomic E-state index is 12.7. The van der Waals surface area contributed by atoms with Crippen LogP contribution < -0.4 is 10.2 Å². The third-order valence-corrected chi connectivity index (χ3v) is 6.17. The van der Waals surface area contributed by atoms with Gasteiger partial charge in [0.25, 0.3) is 5.91 Å². The number of morpholine rings is 1. The zero-order valence-corrected chi connectivity index (χ0v) is 18.1. The van der Waals surface area contributed by atoms with Crippen LogP contribution in [0.4, 0.5) is 5.69 Å². The quantitative estimate of drug-likeness (QED) is 0.609. The van der Waals surface area contributed by atoms with Crippen LogP contribution in [0.15, 0.2) is 23.1 Å². The van der Waals surface area contributed by atoms with Gasteiger partial charge in [0.05, 0.1) is 29.4 Å². The number of hydrogen-bond acceptors (Lipinski definition) is 7. The highest BCUT2D eigenvalue weighted by molar-refractivity contribution is 7.89. The minimum Gasteiger partial charge on any atom is -0.452 e. The molecule has 0 atom stereocenters. The van der Waals surface area contributed by atoms with Gasteiger partial charge in [-0.3, -0.25) is 4.79 Å². The lowest BCUT2D eigenvalue weighted by Gasteiger charge is -2.30. The number of nitrogens with one attached hydrogen (secondary N) is 1. The average molecular weight is 428 g/mol. The largest absolute Gasteiger partial charge is 0.452 e. The van der Waals surface area contributed by atoms with E-state index in [1.54, 1.807) is 6.07 Å². The summed E-state index contributed by atoms with van der Waals surface area (Å²) < 4.78 is 36.6. The number of rotatable bonds is 8. The highest BCUT2D eigenvalue weighted by Gasteiger charge is 2.25. The molecule has 0 spiro atoms. The van der Waals surface area contributed by atoms with Crippen molar-refractivity contribution in [3.63, 3.8) is 0 Å². The minimum atomic E-state index is -3.73. The molecule has 2 rings (SSSR count). The normalized spacial score (nSPS) is 14.9. The second kappa shape index (κ2) is 10.0. The van der Waals surface area contributed by atoms with Crippen LogP contribution in [0.1, 0.15) is 24.2 Å². The van der Waals surface area contributed by atoms with Crippen molar-refractivity contribution in [3.8, 4) is 0 Å². The number of esters is 1. The Kier molecular flexibility index (Phi) is 8.00. The van der Waals surface area contributed by atoms with E-state index in [9.17, 15) is 18.0 Å². The molecule has 1 aromatic carbocycles. The number of hydrogen-bond donors (Lipinski definition) is 1. The Hall–Kier alpha value is -2.17. The highest BCUT2D eigenvalue weighted by Crippen LogP contribution is 2.27. The number of amides is 1. The van der Waals surface area contributed by atoms with Crippen LogP contribution in [-0.4, -0.2) is 78.1 Å². The smallest absolute Gasteiger partial charge is 0.340 e. The number of nitrogens with zero attached hydrogens (tertiary/aromatic N) is 2. The second-order valence-corrected chi connectivity index (χ2v) is 9.49. The second-order valence-electron chi connectivity index (χ2n) is 7.34. The summed E-state index contributed by atoms with van der Waals surface area (Å²) in [6, 6.07) is 4.36. The van der Waals surface area contributed by atoms with Gasteiger partial charge < -0.3 is 19.7 Å². The average Bonchev–Trinajstić information content (AvgIpc) is 2.70. The van der Waals surface area contributed by atoms with Crippen molar-refractivity contribution in [2.45, 2.75) is 18.7 Å². The Bertz CT molecular complexity index is 832. The van der Waals surface area contributed by atoms with Gasteiger partial charge in [-0.15, -0.1) is 0 Å². The molecule has 1 heterocycles. The summed E-state index contributed by atoms with van der Waals surface area (Å²) >= 11 is 0. The molecule has 9 nitrogen and oxygen atoms in total. The third kappa shape index (κ3) is 6.15. The van der Waals surface area contributed by atoms with E-state index in [1.807, 2.05) is 18.7 Å². The van der Waals surface area contributed by atoms with Gasteiger partial charge in [-0.05, 0) is 24.1 Å². The predicted molar refractivity (Wildman–Crippen MR) is 108 cm³/mol. The van der Waals surface area contributed by atoms with Gasteiger partial charge in [0.2, 0.25) is 10.0 Å². The lowest BCUT2D eigenvalue weighted by Crippen LogP contribution is -2.37. The van der Waals surface area contributed by atoms with Gasteiger partial charge in [-0.1, -0.05) is 13.8 Å². The van der Waals surface area contributed by atoms with Gasteiger partial charge in [0.15, 0.2) is 6.61 Å². The molecular formula is C19H29N3O6S. The summed E-state index contributed by atoms with van der Waals surface area (Å²) in [5.41, 5.74) is 0.657. The Morgan fingerprint density at radius 3 is 2.48 bits per heavy atom. The Balaban J connectivity index is 2.27. The molecule has 1 N–H and O–H groups in total. The number of anilines is 1. The van der Waals surface area contributed by atoms with Crippen LogP contribution in [0, 0.1) is 5.92 Å². The molecule has 1 aliphatic heterocycles. The first-order valence-electron chi connectivity index (χ1n) is 9.46. The maximum Gasteiger partial charge on any atom is 0.340 e. The Morgan fingerprint density at radius 1 is 1.24 bits per heavy atom. The van der Waals surface area contributed by atoms with E-state index < -0.39 is 28.5 Å². The number of ether oxygens (including phenoxy) is 2. The molecule has 0 radical (unpaired) electrons.